The molecule has 1 aliphatic heterocycles. The highest BCUT2D eigenvalue weighted by Gasteiger charge is 2.24. The highest BCUT2D eigenvalue weighted by Crippen LogP contribution is 2.31. The van der Waals surface area contributed by atoms with Crippen molar-refractivity contribution >= 4 is 5.91 Å². The van der Waals surface area contributed by atoms with Crippen LogP contribution in [0.15, 0.2) is 60.8 Å². The molecule has 1 fully saturated rings. The normalized spacial score (nSPS) is 16.7. The van der Waals surface area contributed by atoms with Gasteiger partial charge in [-0.15, -0.1) is 0 Å². The molecule has 1 amide bonds. The number of aromatic nitrogens is 2. The molecule has 7 heteroatoms. The Morgan fingerprint density at radius 1 is 1.18 bits per heavy atom. The second-order valence-corrected chi connectivity index (χ2v) is 8.73. The zero-order valence-corrected chi connectivity index (χ0v) is 19.5. The molecular formula is C26H32N4O3. The zero-order chi connectivity index (χ0) is 23.2. The largest absolute Gasteiger partial charge is 0.496 e. The van der Waals surface area contributed by atoms with E-state index in [2.05, 4.69) is 24.1 Å². The standard InChI is InChI=1S/C26H32N4O3/c1-19(2)16-29-13-14-33-21(17-29)15-27-26(31)23-18-30(20-9-5-4-6-10-20)28-25(23)22-11-7-8-12-24(22)32-3/h4-12,18-19,21H,13-17H2,1-3H3,(H,27,31). The van der Waals surface area contributed by atoms with Gasteiger partial charge in [-0.2, -0.15) is 5.10 Å². The first kappa shape index (κ1) is 23.0. The second-order valence-electron chi connectivity index (χ2n) is 8.73. The van der Waals surface area contributed by atoms with Crippen molar-refractivity contribution in [3.8, 4) is 22.7 Å². The van der Waals surface area contributed by atoms with Crippen LogP contribution in [0.1, 0.15) is 24.2 Å². The molecule has 1 aromatic heterocycles. The fraction of sp³-hybridized carbons (Fsp3) is 0.385. The number of ether oxygens (including phenoxy) is 2. The molecule has 4 rings (SSSR count). The van der Waals surface area contributed by atoms with E-state index < -0.39 is 0 Å². The molecule has 0 spiro atoms. The SMILES string of the molecule is COc1ccccc1-c1nn(-c2ccccc2)cc1C(=O)NCC1CN(CC(C)C)CCO1. The molecule has 2 heterocycles. The summed E-state index contributed by atoms with van der Waals surface area (Å²) in [6.07, 6.45) is 1.75. The van der Waals surface area contributed by atoms with E-state index >= 15 is 0 Å². The van der Waals surface area contributed by atoms with Gasteiger partial charge in [0.05, 0.1) is 31.1 Å². The number of nitrogens with one attached hydrogen (secondary N) is 1. The molecule has 0 aliphatic carbocycles. The van der Waals surface area contributed by atoms with Crippen LogP contribution in [0.4, 0.5) is 0 Å². The maximum atomic E-state index is 13.3. The third-order valence-electron chi connectivity index (χ3n) is 5.68. The van der Waals surface area contributed by atoms with Crippen LogP contribution in [0, 0.1) is 5.92 Å². The predicted octanol–water partition coefficient (Wildman–Crippen LogP) is 3.63. The first-order valence-corrected chi connectivity index (χ1v) is 11.5. The smallest absolute Gasteiger partial charge is 0.255 e. The molecule has 1 unspecified atom stereocenters. The van der Waals surface area contributed by atoms with E-state index in [1.807, 2.05) is 54.6 Å². The Balaban J connectivity index is 1.57. The Morgan fingerprint density at radius 3 is 2.70 bits per heavy atom. The summed E-state index contributed by atoms with van der Waals surface area (Å²) in [6.45, 7) is 8.37. The van der Waals surface area contributed by atoms with Crippen LogP contribution < -0.4 is 10.1 Å². The summed E-state index contributed by atoms with van der Waals surface area (Å²) in [5.74, 6) is 1.10. The lowest BCUT2D eigenvalue weighted by atomic mass is 10.1. The third-order valence-corrected chi connectivity index (χ3v) is 5.68. The van der Waals surface area contributed by atoms with Crippen molar-refractivity contribution in [3.63, 3.8) is 0 Å². The van der Waals surface area contributed by atoms with Crippen molar-refractivity contribution in [2.24, 2.45) is 5.92 Å². The molecule has 1 saturated heterocycles. The lowest BCUT2D eigenvalue weighted by Crippen LogP contribution is -2.48. The van der Waals surface area contributed by atoms with Gasteiger partial charge in [0.15, 0.2) is 0 Å². The van der Waals surface area contributed by atoms with Gasteiger partial charge in [0, 0.05) is 37.9 Å². The molecule has 3 aromatic rings. The number of carbonyl (C=O) groups excluding carboxylic acids is 1. The van der Waals surface area contributed by atoms with Gasteiger partial charge < -0.3 is 14.8 Å². The Labute approximate surface area is 195 Å². The molecule has 1 atom stereocenters. The van der Waals surface area contributed by atoms with E-state index in [1.165, 1.54) is 0 Å². The van der Waals surface area contributed by atoms with E-state index in [0.717, 1.165) is 30.9 Å². The van der Waals surface area contributed by atoms with E-state index in [4.69, 9.17) is 14.6 Å². The van der Waals surface area contributed by atoms with Gasteiger partial charge in [-0.05, 0) is 30.2 Å². The number of rotatable bonds is 8. The zero-order valence-electron chi connectivity index (χ0n) is 19.5. The van der Waals surface area contributed by atoms with Crippen LogP contribution in [0.3, 0.4) is 0 Å². The molecule has 0 bridgehead atoms. The van der Waals surface area contributed by atoms with E-state index in [0.29, 0.717) is 36.1 Å². The monoisotopic (exact) mass is 448 g/mol. The number of amides is 1. The summed E-state index contributed by atoms with van der Waals surface area (Å²) in [5.41, 5.74) is 2.74. The summed E-state index contributed by atoms with van der Waals surface area (Å²) in [5, 5.41) is 7.83. The number of morpholine rings is 1. The number of nitrogens with zero attached hydrogens (tertiary/aromatic N) is 3. The van der Waals surface area contributed by atoms with Gasteiger partial charge in [-0.1, -0.05) is 44.2 Å². The second kappa shape index (κ2) is 10.6. The summed E-state index contributed by atoms with van der Waals surface area (Å²) in [4.78, 5) is 15.7. The van der Waals surface area contributed by atoms with Crippen LogP contribution in [-0.4, -0.2) is 66.6 Å². The molecule has 0 saturated carbocycles. The van der Waals surface area contributed by atoms with Crippen molar-refractivity contribution in [1.82, 2.24) is 20.0 Å². The van der Waals surface area contributed by atoms with Gasteiger partial charge >= 0.3 is 0 Å². The highest BCUT2D eigenvalue weighted by molar-refractivity contribution is 6.00. The van der Waals surface area contributed by atoms with Gasteiger partial charge in [0.1, 0.15) is 11.4 Å². The van der Waals surface area contributed by atoms with Gasteiger partial charge in [0.2, 0.25) is 0 Å². The highest BCUT2D eigenvalue weighted by atomic mass is 16.5. The maximum Gasteiger partial charge on any atom is 0.255 e. The average molecular weight is 449 g/mol. The quantitative estimate of drug-likeness (QED) is 0.570. The van der Waals surface area contributed by atoms with Crippen molar-refractivity contribution < 1.29 is 14.3 Å². The lowest BCUT2D eigenvalue weighted by molar-refractivity contribution is -0.0295. The fourth-order valence-electron chi connectivity index (χ4n) is 4.18. The molecule has 1 aliphatic rings. The Hall–Kier alpha value is -3.16. The summed E-state index contributed by atoms with van der Waals surface area (Å²) in [7, 11) is 1.62. The first-order chi connectivity index (χ1) is 16.0. The number of benzene rings is 2. The van der Waals surface area contributed by atoms with Crippen LogP contribution in [0.2, 0.25) is 0 Å². The molecule has 1 N–H and O–H groups in total. The van der Waals surface area contributed by atoms with E-state index in [1.54, 1.807) is 18.0 Å². The van der Waals surface area contributed by atoms with Crippen LogP contribution in [0.25, 0.3) is 16.9 Å². The number of para-hydroxylation sites is 2. The van der Waals surface area contributed by atoms with Crippen LogP contribution in [-0.2, 0) is 4.74 Å². The van der Waals surface area contributed by atoms with Gasteiger partial charge in [-0.25, -0.2) is 4.68 Å². The van der Waals surface area contributed by atoms with E-state index in [9.17, 15) is 4.79 Å². The van der Waals surface area contributed by atoms with Crippen LogP contribution in [0.5, 0.6) is 5.75 Å². The molecule has 0 radical (unpaired) electrons. The minimum Gasteiger partial charge on any atom is -0.496 e. The number of hydrogen-bond acceptors (Lipinski definition) is 5. The third kappa shape index (κ3) is 5.61. The van der Waals surface area contributed by atoms with E-state index in [-0.39, 0.29) is 12.0 Å². The van der Waals surface area contributed by atoms with Gasteiger partial charge in [0.25, 0.3) is 5.91 Å². The van der Waals surface area contributed by atoms with Crippen molar-refractivity contribution in [2.45, 2.75) is 20.0 Å². The topological polar surface area (TPSA) is 68.6 Å². The minimum absolute atomic E-state index is 0.0275. The fourth-order valence-corrected chi connectivity index (χ4v) is 4.18. The minimum atomic E-state index is -0.178. The number of methoxy groups -OCH3 is 1. The number of hydrogen-bond donors (Lipinski definition) is 1. The molecule has 174 valence electrons. The summed E-state index contributed by atoms with van der Waals surface area (Å²) >= 11 is 0. The van der Waals surface area contributed by atoms with Crippen molar-refractivity contribution in [2.75, 3.05) is 39.9 Å². The maximum absolute atomic E-state index is 13.3. The number of carbonyl (C=O) groups is 1. The molecule has 7 nitrogen and oxygen atoms in total. The van der Waals surface area contributed by atoms with Crippen molar-refractivity contribution in [3.05, 3.63) is 66.4 Å². The van der Waals surface area contributed by atoms with Crippen LogP contribution >= 0.6 is 0 Å². The Bertz CT molecular complexity index is 1060. The molecular weight excluding hydrogens is 416 g/mol. The Kier molecular flexibility index (Phi) is 7.42. The first-order valence-electron chi connectivity index (χ1n) is 11.5. The van der Waals surface area contributed by atoms with Gasteiger partial charge in [-0.3, -0.25) is 9.69 Å². The molecule has 33 heavy (non-hydrogen) atoms. The summed E-state index contributed by atoms with van der Waals surface area (Å²) < 4.78 is 13.2. The predicted molar refractivity (Wildman–Crippen MR) is 129 cm³/mol. The molecule has 2 aromatic carbocycles. The Morgan fingerprint density at radius 2 is 1.94 bits per heavy atom. The lowest BCUT2D eigenvalue weighted by Gasteiger charge is -2.33. The van der Waals surface area contributed by atoms with Crippen molar-refractivity contribution in [1.29, 1.82) is 0 Å². The average Bonchev–Trinajstić information content (AvgIpc) is 3.28. The summed E-state index contributed by atoms with van der Waals surface area (Å²) in [6, 6.07) is 17.4.